The standard InChI is InChI=1S/C24H21ClFN3O3S/c25-18-9-11-19(12-10-18)33(31,32)29-23(13-17-15-27-22-8-4-2-6-20(17)22)24(30)28-14-16-5-1-3-7-21(16)26/h1-12,15,23,27,29H,13-14H2,(H,28,30). The van der Waals surface area contributed by atoms with Crippen molar-refractivity contribution >= 4 is 38.4 Å². The van der Waals surface area contributed by atoms with Crippen LogP contribution in [-0.4, -0.2) is 25.4 Å². The molecular formula is C24H21ClFN3O3S. The SMILES string of the molecule is O=C(NCc1ccccc1F)C(Cc1c[nH]c2ccccc12)NS(=O)(=O)c1ccc(Cl)cc1. The van der Waals surface area contributed by atoms with Crippen molar-refractivity contribution in [1.82, 2.24) is 15.0 Å². The van der Waals surface area contributed by atoms with E-state index in [4.69, 9.17) is 11.6 Å². The number of hydrogen-bond donors (Lipinski definition) is 3. The summed E-state index contributed by atoms with van der Waals surface area (Å²) in [6.45, 7) is -0.0709. The van der Waals surface area contributed by atoms with Crippen LogP contribution in [0, 0.1) is 5.82 Å². The molecule has 1 aromatic heterocycles. The summed E-state index contributed by atoms with van der Waals surface area (Å²) < 4.78 is 42.4. The van der Waals surface area contributed by atoms with E-state index in [2.05, 4.69) is 15.0 Å². The number of carbonyl (C=O) groups is 1. The lowest BCUT2D eigenvalue weighted by Gasteiger charge is -2.19. The van der Waals surface area contributed by atoms with Gasteiger partial charge in [-0.1, -0.05) is 48.0 Å². The molecule has 0 radical (unpaired) electrons. The zero-order valence-corrected chi connectivity index (χ0v) is 19.0. The number of H-pyrrole nitrogens is 1. The Balaban J connectivity index is 1.60. The van der Waals surface area contributed by atoms with E-state index in [0.29, 0.717) is 10.6 Å². The van der Waals surface area contributed by atoms with Crippen LogP contribution >= 0.6 is 11.6 Å². The van der Waals surface area contributed by atoms with Crippen molar-refractivity contribution in [3.05, 3.63) is 101 Å². The minimum Gasteiger partial charge on any atom is -0.361 e. The fourth-order valence-corrected chi connectivity index (χ4v) is 4.85. The van der Waals surface area contributed by atoms with Crippen molar-refractivity contribution in [2.45, 2.75) is 23.9 Å². The van der Waals surface area contributed by atoms with E-state index in [0.717, 1.165) is 16.5 Å². The van der Waals surface area contributed by atoms with Crippen LogP contribution in [0.15, 0.2) is 83.9 Å². The third kappa shape index (κ3) is 5.42. The number of hydrogen-bond acceptors (Lipinski definition) is 3. The van der Waals surface area contributed by atoms with E-state index >= 15 is 0 Å². The highest BCUT2D eigenvalue weighted by Gasteiger charge is 2.27. The number of rotatable bonds is 8. The fraction of sp³-hybridized carbons (Fsp3) is 0.125. The number of aromatic nitrogens is 1. The smallest absolute Gasteiger partial charge is 0.241 e. The van der Waals surface area contributed by atoms with E-state index in [1.54, 1.807) is 24.4 Å². The maximum absolute atomic E-state index is 14.0. The molecule has 33 heavy (non-hydrogen) atoms. The zero-order valence-electron chi connectivity index (χ0n) is 17.4. The average molecular weight is 486 g/mol. The molecule has 0 spiro atoms. The van der Waals surface area contributed by atoms with Gasteiger partial charge in [-0.15, -0.1) is 0 Å². The minimum atomic E-state index is -4.02. The maximum atomic E-state index is 14.0. The van der Waals surface area contributed by atoms with E-state index in [-0.39, 0.29) is 17.9 Å². The van der Waals surface area contributed by atoms with Gasteiger partial charge >= 0.3 is 0 Å². The Morgan fingerprint density at radius 1 is 0.970 bits per heavy atom. The second kappa shape index (κ2) is 9.74. The number of benzene rings is 3. The first-order valence-corrected chi connectivity index (χ1v) is 12.0. The molecule has 0 fully saturated rings. The van der Waals surface area contributed by atoms with Crippen molar-refractivity contribution in [2.75, 3.05) is 0 Å². The topological polar surface area (TPSA) is 91.1 Å². The lowest BCUT2D eigenvalue weighted by molar-refractivity contribution is -0.122. The monoisotopic (exact) mass is 485 g/mol. The Morgan fingerprint density at radius 2 is 1.67 bits per heavy atom. The highest BCUT2D eigenvalue weighted by molar-refractivity contribution is 7.89. The van der Waals surface area contributed by atoms with Crippen LogP contribution < -0.4 is 10.0 Å². The maximum Gasteiger partial charge on any atom is 0.241 e. The summed E-state index contributed by atoms with van der Waals surface area (Å²) >= 11 is 5.87. The quantitative estimate of drug-likeness (QED) is 0.350. The second-order valence-electron chi connectivity index (χ2n) is 7.50. The number of fused-ring (bicyclic) bond motifs is 1. The van der Waals surface area contributed by atoms with Gasteiger partial charge in [0.1, 0.15) is 11.9 Å². The molecule has 0 aliphatic carbocycles. The summed E-state index contributed by atoms with van der Waals surface area (Å²) in [5.41, 5.74) is 1.95. The number of carbonyl (C=O) groups excluding carboxylic acids is 1. The van der Waals surface area contributed by atoms with Gasteiger partial charge in [0.05, 0.1) is 4.90 Å². The number of para-hydroxylation sites is 1. The first-order valence-electron chi connectivity index (χ1n) is 10.2. The van der Waals surface area contributed by atoms with Gasteiger partial charge in [-0.2, -0.15) is 4.72 Å². The molecule has 1 unspecified atom stereocenters. The van der Waals surface area contributed by atoms with E-state index < -0.39 is 27.8 Å². The lowest BCUT2D eigenvalue weighted by Crippen LogP contribution is -2.47. The predicted octanol–water partition coefficient (Wildman–Crippen LogP) is 4.17. The number of halogens is 2. The van der Waals surface area contributed by atoms with Crippen LogP contribution in [0.2, 0.25) is 5.02 Å². The molecule has 1 atom stereocenters. The summed E-state index contributed by atoms with van der Waals surface area (Å²) in [4.78, 5) is 16.2. The third-order valence-corrected chi connectivity index (χ3v) is 6.99. The van der Waals surface area contributed by atoms with Crippen LogP contribution in [-0.2, 0) is 27.8 Å². The fourth-order valence-electron chi connectivity index (χ4n) is 3.52. The van der Waals surface area contributed by atoms with Crippen LogP contribution in [0.3, 0.4) is 0 Å². The Labute approximate surface area is 195 Å². The molecular weight excluding hydrogens is 465 g/mol. The van der Waals surface area contributed by atoms with E-state index in [1.165, 1.54) is 30.3 Å². The van der Waals surface area contributed by atoms with Crippen LogP contribution in [0.25, 0.3) is 10.9 Å². The average Bonchev–Trinajstić information content (AvgIpc) is 3.21. The molecule has 0 aliphatic heterocycles. The molecule has 0 saturated heterocycles. The van der Waals surface area contributed by atoms with Crippen LogP contribution in [0.5, 0.6) is 0 Å². The summed E-state index contributed by atoms with van der Waals surface area (Å²) in [5.74, 6) is -1.02. The van der Waals surface area contributed by atoms with Gasteiger partial charge in [0.25, 0.3) is 0 Å². The van der Waals surface area contributed by atoms with Gasteiger partial charge < -0.3 is 10.3 Å². The van der Waals surface area contributed by atoms with Gasteiger partial charge in [0, 0.05) is 34.2 Å². The molecule has 0 aliphatic rings. The summed E-state index contributed by atoms with van der Waals surface area (Å²) in [6.07, 6.45) is 1.85. The Kier molecular flexibility index (Phi) is 6.78. The molecule has 4 rings (SSSR count). The van der Waals surface area contributed by atoms with Gasteiger partial charge in [-0.25, -0.2) is 12.8 Å². The largest absolute Gasteiger partial charge is 0.361 e. The Morgan fingerprint density at radius 3 is 2.42 bits per heavy atom. The molecule has 0 bridgehead atoms. The molecule has 1 heterocycles. The van der Waals surface area contributed by atoms with Gasteiger partial charge in [0.15, 0.2) is 0 Å². The summed E-state index contributed by atoms with van der Waals surface area (Å²) in [7, 11) is -4.02. The van der Waals surface area contributed by atoms with Crippen molar-refractivity contribution in [3.8, 4) is 0 Å². The molecule has 170 valence electrons. The number of sulfonamides is 1. The highest BCUT2D eigenvalue weighted by atomic mass is 35.5. The molecule has 0 saturated carbocycles. The van der Waals surface area contributed by atoms with Crippen molar-refractivity contribution in [2.24, 2.45) is 0 Å². The normalized spacial score (nSPS) is 12.5. The highest BCUT2D eigenvalue weighted by Crippen LogP contribution is 2.21. The lowest BCUT2D eigenvalue weighted by atomic mass is 10.0. The zero-order chi connectivity index (χ0) is 23.4. The molecule has 1 amide bonds. The van der Waals surface area contributed by atoms with Gasteiger partial charge in [0.2, 0.25) is 15.9 Å². The molecule has 3 N–H and O–H groups in total. The Bertz CT molecular complexity index is 1390. The molecule has 6 nitrogen and oxygen atoms in total. The van der Waals surface area contributed by atoms with Gasteiger partial charge in [-0.3, -0.25) is 4.79 Å². The number of nitrogens with one attached hydrogen (secondary N) is 3. The van der Waals surface area contributed by atoms with E-state index in [1.807, 2.05) is 24.3 Å². The van der Waals surface area contributed by atoms with Crippen molar-refractivity contribution in [3.63, 3.8) is 0 Å². The number of aromatic amines is 1. The van der Waals surface area contributed by atoms with Gasteiger partial charge in [-0.05, 0) is 48.4 Å². The minimum absolute atomic E-state index is 0.0160. The molecule has 9 heteroatoms. The van der Waals surface area contributed by atoms with Crippen molar-refractivity contribution < 1.29 is 17.6 Å². The molecule has 3 aromatic carbocycles. The first kappa shape index (κ1) is 23.0. The summed E-state index contributed by atoms with van der Waals surface area (Å²) in [5, 5.41) is 3.93. The van der Waals surface area contributed by atoms with Crippen molar-refractivity contribution in [1.29, 1.82) is 0 Å². The predicted molar refractivity (Wildman–Crippen MR) is 126 cm³/mol. The summed E-state index contributed by atoms with van der Waals surface area (Å²) in [6, 6.07) is 18.1. The van der Waals surface area contributed by atoms with Crippen LogP contribution in [0.1, 0.15) is 11.1 Å². The third-order valence-electron chi connectivity index (χ3n) is 5.25. The number of amides is 1. The first-order chi connectivity index (χ1) is 15.8. The van der Waals surface area contributed by atoms with E-state index in [9.17, 15) is 17.6 Å². The Hall–Kier alpha value is -3.20. The van der Waals surface area contributed by atoms with Crippen LogP contribution in [0.4, 0.5) is 4.39 Å². The second-order valence-corrected chi connectivity index (χ2v) is 9.65. The molecule has 4 aromatic rings.